The molecule has 0 aromatic rings. The van der Waals surface area contributed by atoms with Crippen LogP contribution >= 0.6 is 0 Å². The third-order valence-corrected chi connectivity index (χ3v) is 4.28. The maximum atomic E-state index is 11.8. The average molecular weight is 234 g/mol. The van der Waals surface area contributed by atoms with Gasteiger partial charge in [0.1, 0.15) is 5.84 Å². The highest BCUT2D eigenvalue weighted by molar-refractivity contribution is 7.87. The third-order valence-electron chi connectivity index (χ3n) is 2.46. The number of nitrogens with zero attached hydrogens (tertiary/aromatic N) is 1. The summed E-state index contributed by atoms with van der Waals surface area (Å²) in [5.41, 5.74) is 4.29. The maximum absolute atomic E-state index is 11.8. The summed E-state index contributed by atoms with van der Waals surface area (Å²) in [4.78, 5) is 0. The van der Waals surface area contributed by atoms with Crippen LogP contribution in [0.4, 0.5) is 0 Å². The molecular weight excluding hydrogens is 216 g/mol. The van der Waals surface area contributed by atoms with Gasteiger partial charge in [-0.25, -0.2) is 0 Å². The van der Waals surface area contributed by atoms with E-state index in [2.05, 4.69) is 4.72 Å². The Morgan fingerprint density at radius 2 is 1.87 bits per heavy atom. The molecular formula is C8H18N4O2S. The molecule has 0 spiro atoms. The van der Waals surface area contributed by atoms with Crippen LogP contribution in [0.5, 0.6) is 0 Å². The summed E-state index contributed by atoms with van der Waals surface area (Å²) in [7, 11) is -3.50. The predicted octanol–water partition coefficient (Wildman–Crippen LogP) is -0.369. The van der Waals surface area contributed by atoms with E-state index in [1.165, 1.54) is 4.31 Å². The van der Waals surface area contributed by atoms with Crippen LogP contribution in [-0.2, 0) is 10.2 Å². The highest BCUT2D eigenvalue weighted by Crippen LogP contribution is 2.14. The number of hydrogen-bond donors (Lipinski definition) is 3. The lowest BCUT2D eigenvalue weighted by Crippen LogP contribution is -2.56. The Kier molecular flexibility index (Phi) is 3.37. The summed E-state index contributed by atoms with van der Waals surface area (Å²) in [6.45, 7) is 4.23. The van der Waals surface area contributed by atoms with Crippen LogP contribution in [0.15, 0.2) is 0 Å². The number of nitrogens with two attached hydrogens (primary N) is 1. The second-order valence-corrected chi connectivity index (χ2v) is 5.92. The second-order valence-electron chi connectivity index (χ2n) is 4.25. The first-order valence-electron chi connectivity index (χ1n) is 4.89. The van der Waals surface area contributed by atoms with Crippen molar-refractivity contribution in [3.63, 3.8) is 0 Å². The normalized spacial score (nSPS) is 19.3. The van der Waals surface area contributed by atoms with E-state index < -0.39 is 15.7 Å². The summed E-state index contributed by atoms with van der Waals surface area (Å²) >= 11 is 0. The van der Waals surface area contributed by atoms with E-state index in [-0.39, 0.29) is 5.84 Å². The molecule has 0 aromatic heterocycles. The molecule has 0 aromatic carbocycles. The first-order chi connectivity index (χ1) is 6.76. The number of hydrogen-bond acceptors (Lipinski definition) is 3. The Labute approximate surface area is 90.5 Å². The molecule has 0 atom stereocenters. The summed E-state index contributed by atoms with van der Waals surface area (Å²) in [5, 5.41) is 7.28. The van der Waals surface area contributed by atoms with Crippen LogP contribution in [0.1, 0.15) is 26.7 Å². The van der Waals surface area contributed by atoms with Crippen molar-refractivity contribution >= 4 is 16.0 Å². The molecule has 0 radical (unpaired) electrons. The van der Waals surface area contributed by atoms with Gasteiger partial charge in [0, 0.05) is 13.1 Å². The van der Waals surface area contributed by atoms with Gasteiger partial charge in [0.2, 0.25) is 0 Å². The SMILES string of the molecule is CC(C)(NS(=O)(=O)N1CCCC1)C(=N)N. The van der Waals surface area contributed by atoms with Gasteiger partial charge in [-0.3, -0.25) is 5.41 Å². The maximum Gasteiger partial charge on any atom is 0.280 e. The fourth-order valence-electron chi connectivity index (χ4n) is 1.37. The smallest absolute Gasteiger partial charge is 0.280 e. The Morgan fingerprint density at radius 1 is 1.40 bits per heavy atom. The zero-order valence-corrected chi connectivity index (χ0v) is 9.89. The fourth-order valence-corrected chi connectivity index (χ4v) is 2.99. The highest BCUT2D eigenvalue weighted by Gasteiger charge is 2.33. The summed E-state index contributed by atoms with van der Waals surface area (Å²) in [6, 6.07) is 0. The molecule has 0 unspecified atom stereocenters. The van der Waals surface area contributed by atoms with Crippen LogP contribution < -0.4 is 10.5 Å². The van der Waals surface area contributed by atoms with Gasteiger partial charge in [0.05, 0.1) is 5.54 Å². The van der Waals surface area contributed by atoms with Crippen molar-refractivity contribution in [2.45, 2.75) is 32.2 Å². The minimum atomic E-state index is -3.50. The molecule has 1 saturated heterocycles. The Morgan fingerprint density at radius 3 is 2.27 bits per heavy atom. The van der Waals surface area contributed by atoms with Gasteiger partial charge in [-0.15, -0.1) is 0 Å². The zero-order chi connectivity index (χ0) is 11.7. The van der Waals surface area contributed by atoms with Gasteiger partial charge in [-0.05, 0) is 26.7 Å². The molecule has 1 aliphatic rings. The predicted molar refractivity (Wildman–Crippen MR) is 58.9 cm³/mol. The first-order valence-corrected chi connectivity index (χ1v) is 6.33. The Hall–Kier alpha value is -0.660. The van der Waals surface area contributed by atoms with Crippen LogP contribution in [0, 0.1) is 5.41 Å². The molecule has 4 N–H and O–H groups in total. The second kappa shape index (κ2) is 4.07. The van der Waals surface area contributed by atoms with Crippen molar-refractivity contribution < 1.29 is 8.42 Å². The van der Waals surface area contributed by atoms with Gasteiger partial charge >= 0.3 is 0 Å². The molecule has 15 heavy (non-hydrogen) atoms. The van der Waals surface area contributed by atoms with Crippen molar-refractivity contribution in [3.8, 4) is 0 Å². The number of amidine groups is 1. The van der Waals surface area contributed by atoms with Crippen LogP contribution in [-0.4, -0.2) is 37.2 Å². The standard InChI is InChI=1S/C8H18N4O2S/c1-8(2,7(9)10)11-15(13,14)12-5-3-4-6-12/h11H,3-6H2,1-2H3,(H3,9,10). The minimum Gasteiger partial charge on any atom is -0.386 e. The molecule has 0 amide bonds. The monoisotopic (exact) mass is 234 g/mol. The van der Waals surface area contributed by atoms with Crippen molar-refractivity contribution in [1.29, 1.82) is 5.41 Å². The van der Waals surface area contributed by atoms with E-state index in [9.17, 15) is 8.42 Å². The van der Waals surface area contributed by atoms with E-state index in [1.54, 1.807) is 13.8 Å². The lowest BCUT2D eigenvalue weighted by molar-refractivity contribution is 0.447. The molecule has 88 valence electrons. The van der Waals surface area contributed by atoms with Gasteiger partial charge in [-0.1, -0.05) is 0 Å². The van der Waals surface area contributed by atoms with Crippen molar-refractivity contribution in [2.24, 2.45) is 5.73 Å². The first kappa shape index (κ1) is 12.4. The van der Waals surface area contributed by atoms with Crippen LogP contribution in [0.2, 0.25) is 0 Å². The van der Waals surface area contributed by atoms with Crippen molar-refractivity contribution in [3.05, 3.63) is 0 Å². The van der Waals surface area contributed by atoms with Crippen molar-refractivity contribution in [1.82, 2.24) is 9.03 Å². The molecule has 0 bridgehead atoms. The lowest BCUT2D eigenvalue weighted by Gasteiger charge is -2.27. The van der Waals surface area contributed by atoms with Gasteiger partial charge in [0.15, 0.2) is 0 Å². The Bertz CT molecular complexity index is 344. The van der Waals surface area contributed by atoms with E-state index in [4.69, 9.17) is 11.1 Å². The average Bonchev–Trinajstić information content (AvgIpc) is 2.53. The van der Waals surface area contributed by atoms with E-state index >= 15 is 0 Å². The van der Waals surface area contributed by atoms with Gasteiger partial charge in [-0.2, -0.15) is 17.4 Å². The molecule has 0 saturated carbocycles. The van der Waals surface area contributed by atoms with E-state index in [1.807, 2.05) is 0 Å². The number of nitrogens with one attached hydrogen (secondary N) is 2. The largest absolute Gasteiger partial charge is 0.386 e. The molecule has 1 heterocycles. The highest BCUT2D eigenvalue weighted by atomic mass is 32.2. The minimum absolute atomic E-state index is 0.190. The molecule has 6 nitrogen and oxygen atoms in total. The van der Waals surface area contributed by atoms with Crippen LogP contribution in [0.25, 0.3) is 0 Å². The zero-order valence-electron chi connectivity index (χ0n) is 9.08. The molecule has 1 fully saturated rings. The molecule has 1 aliphatic heterocycles. The van der Waals surface area contributed by atoms with Crippen LogP contribution in [0.3, 0.4) is 0 Å². The van der Waals surface area contributed by atoms with E-state index in [0.717, 1.165) is 12.8 Å². The number of rotatable bonds is 4. The Balaban J connectivity index is 2.76. The third kappa shape index (κ3) is 2.90. The topological polar surface area (TPSA) is 99.3 Å². The summed E-state index contributed by atoms with van der Waals surface area (Å²) < 4.78 is 27.4. The van der Waals surface area contributed by atoms with Gasteiger partial charge < -0.3 is 5.73 Å². The molecule has 1 rings (SSSR count). The molecule has 7 heteroatoms. The lowest BCUT2D eigenvalue weighted by atomic mass is 10.1. The summed E-state index contributed by atoms with van der Waals surface area (Å²) in [5.74, 6) is -0.190. The fraction of sp³-hybridized carbons (Fsp3) is 0.875. The quantitative estimate of drug-likeness (QED) is 0.457. The summed E-state index contributed by atoms with van der Waals surface area (Å²) in [6.07, 6.45) is 1.78. The van der Waals surface area contributed by atoms with Gasteiger partial charge in [0.25, 0.3) is 10.2 Å². The van der Waals surface area contributed by atoms with E-state index in [0.29, 0.717) is 13.1 Å². The van der Waals surface area contributed by atoms with Crippen molar-refractivity contribution in [2.75, 3.05) is 13.1 Å². The molecule has 0 aliphatic carbocycles.